The van der Waals surface area contributed by atoms with Crippen molar-refractivity contribution in [3.63, 3.8) is 0 Å². The molecule has 0 saturated heterocycles. The van der Waals surface area contributed by atoms with Crippen LogP contribution in [0.1, 0.15) is 19.4 Å². The Labute approximate surface area is 97.5 Å². The van der Waals surface area contributed by atoms with Crippen LogP contribution in [0.5, 0.6) is 0 Å². The maximum atomic E-state index is 13.7. The Morgan fingerprint density at radius 3 is 2.38 bits per heavy atom. The molecule has 0 radical (unpaired) electrons. The Hall–Kier alpha value is -1.09. The van der Waals surface area contributed by atoms with Gasteiger partial charge in [-0.3, -0.25) is 0 Å². The average Bonchev–Trinajstić information content (AvgIpc) is 2.16. The zero-order valence-electron chi connectivity index (χ0n) is 10.8. The van der Waals surface area contributed by atoms with E-state index < -0.39 is 0 Å². The predicted octanol–water partition coefficient (Wildman–Crippen LogP) is 2.43. The summed E-state index contributed by atoms with van der Waals surface area (Å²) >= 11 is 0. The van der Waals surface area contributed by atoms with Gasteiger partial charge in [-0.15, -0.1) is 0 Å². The molecule has 0 unspecified atom stereocenters. The van der Waals surface area contributed by atoms with Crippen molar-refractivity contribution in [2.75, 3.05) is 26.0 Å². The fourth-order valence-corrected chi connectivity index (χ4v) is 1.62. The van der Waals surface area contributed by atoms with Crippen LogP contribution >= 0.6 is 0 Å². The van der Waals surface area contributed by atoms with Crippen LogP contribution in [0.15, 0.2) is 18.2 Å². The van der Waals surface area contributed by atoms with E-state index in [0.717, 1.165) is 12.0 Å². The third kappa shape index (κ3) is 3.20. The quantitative estimate of drug-likeness (QED) is 0.845. The second kappa shape index (κ2) is 4.83. The van der Waals surface area contributed by atoms with E-state index in [1.807, 2.05) is 33.3 Å². The molecule has 2 nitrogen and oxygen atoms in total. The van der Waals surface area contributed by atoms with Crippen LogP contribution in [-0.4, -0.2) is 26.7 Å². The molecule has 0 aromatic heterocycles. The lowest BCUT2D eigenvalue weighted by Gasteiger charge is -2.24. The van der Waals surface area contributed by atoms with E-state index in [-0.39, 0.29) is 11.4 Å². The number of rotatable bonds is 4. The summed E-state index contributed by atoms with van der Waals surface area (Å²) < 4.78 is 13.7. The zero-order chi connectivity index (χ0) is 12.3. The summed E-state index contributed by atoms with van der Waals surface area (Å²) in [6.07, 6.45) is 0.814. The highest BCUT2D eigenvalue weighted by Crippen LogP contribution is 2.20. The molecule has 1 N–H and O–H groups in total. The first-order valence-corrected chi connectivity index (χ1v) is 5.50. The smallest absolute Gasteiger partial charge is 0.146 e. The molecule has 16 heavy (non-hydrogen) atoms. The molecule has 0 saturated carbocycles. The minimum atomic E-state index is -0.158. The second-order valence-corrected chi connectivity index (χ2v) is 4.99. The van der Waals surface area contributed by atoms with Crippen LogP contribution in [-0.2, 0) is 6.42 Å². The molecule has 0 fully saturated rings. The molecule has 0 spiro atoms. The maximum absolute atomic E-state index is 13.7. The van der Waals surface area contributed by atoms with Crippen molar-refractivity contribution in [2.24, 2.45) is 0 Å². The van der Waals surface area contributed by atoms with Gasteiger partial charge >= 0.3 is 0 Å². The molecule has 1 aromatic rings. The van der Waals surface area contributed by atoms with Gasteiger partial charge in [0.1, 0.15) is 5.82 Å². The summed E-state index contributed by atoms with van der Waals surface area (Å²) in [6.45, 7) is 4.20. The summed E-state index contributed by atoms with van der Waals surface area (Å²) in [5, 5.41) is 3.21. The van der Waals surface area contributed by atoms with Gasteiger partial charge in [-0.2, -0.15) is 0 Å². The third-order valence-corrected chi connectivity index (χ3v) is 2.82. The fourth-order valence-electron chi connectivity index (χ4n) is 1.62. The predicted molar refractivity (Wildman–Crippen MR) is 67.6 cm³/mol. The number of likely N-dealkylation sites (N-methyl/N-ethyl adjacent to an activating group) is 1. The van der Waals surface area contributed by atoms with Gasteiger partial charge in [-0.05, 0) is 45.0 Å². The van der Waals surface area contributed by atoms with Crippen molar-refractivity contribution in [3.8, 4) is 0 Å². The van der Waals surface area contributed by atoms with Crippen molar-refractivity contribution in [1.29, 1.82) is 0 Å². The molecular formula is C13H21FN2. The topological polar surface area (TPSA) is 15.3 Å². The first-order valence-electron chi connectivity index (χ1n) is 5.50. The van der Waals surface area contributed by atoms with Gasteiger partial charge in [0.2, 0.25) is 0 Å². The van der Waals surface area contributed by atoms with Crippen LogP contribution < -0.4 is 10.2 Å². The first-order chi connectivity index (χ1) is 7.35. The van der Waals surface area contributed by atoms with Crippen molar-refractivity contribution in [1.82, 2.24) is 5.32 Å². The highest BCUT2D eigenvalue weighted by Gasteiger charge is 2.16. The fraction of sp³-hybridized carbons (Fsp3) is 0.538. The van der Waals surface area contributed by atoms with E-state index in [0.29, 0.717) is 5.69 Å². The Morgan fingerprint density at radius 2 is 1.94 bits per heavy atom. The minimum absolute atomic E-state index is 0.00786. The van der Waals surface area contributed by atoms with E-state index in [4.69, 9.17) is 0 Å². The lowest BCUT2D eigenvalue weighted by molar-refractivity contribution is 0.421. The monoisotopic (exact) mass is 224 g/mol. The standard InChI is InChI=1S/C13H21FN2/c1-13(2,15-3)9-10-6-7-12(16(4)5)11(14)8-10/h6-8,15H,9H2,1-5H3. The van der Waals surface area contributed by atoms with Gasteiger partial charge in [-0.25, -0.2) is 4.39 Å². The van der Waals surface area contributed by atoms with Gasteiger partial charge in [0, 0.05) is 19.6 Å². The van der Waals surface area contributed by atoms with Crippen LogP contribution in [0.3, 0.4) is 0 Å². The number of nitrogens with one attached hydrogen (secondary N) is 1. The lowest BCUT2D eigenvalue weighted by atomic mass is 9.95. The molecule has 90 valence electrons. The van der Waals surface area contributed by atoms with Gasteiger partial charge in [0.15, 0.2) is 0 Å². The summed E-state index contributed by atoms with van der Waals surface area (Å²) in [4.78, 5) is 1.78. The summed E-state index contributed by atoms with van der Waals surface area (Å²) in [5.41, 5.74) is 1.64. The molecule has 0 aliphatic carbocycles. The van der Waals surface area contributed by atoms with E-state index in [9.17, 15) is 4.39 Å². The number of benzene rings is 1. The number of anilines is 1. The second-order valence-electron chi connectivity index (χ2n) is 4.99. The molecule has 0 bridgehead atoms. The Morgan fingerprint density at radius 1 is 1.31 bits per heavy atom. The number of nitrogens with zero attached hydrogens (tertiary/aromatic N) is 1. The van der Waals surface area contributed by atoms with Gasteiger partial charge in [0.25, 0.3) is 0 Å². The zero-order valence-corrected chi connectivity index (χ0v) is 10.8. The molecule has 0 heterocycles. The highest BCUT2D eigenvalue weighted by molar-refractivity contribution is 5.47. The van der Waals surface area contributed by atoms with Gasteiger partial charge in [-0.1, -0.05) is 6.07 Å². The van der Waals surface area contributed by atoms with Crippen LogP contribution in [0, 0.1) is 5.82 Å². The Kier molecular flexibility index (Phi) is 3.92. The van der Waals surface area contributed by atoms with Crippen LogP contribution in [0.2, 0.25) is 0 Å². The van der Waals surface area contributed by atoms with Crippen LogP contribution in [0.25, 0.3) is 0 Å². The average molecular weight is 224 g/mol. The molecular weight excluding hydrogens is 203 g/mol. The first kappa shape index (κ1) is 13.0. The Bertz CT molecular complexity index is 359. The summed E-state index contributed by atoms with van der Waals surface area (Å²) in [7, 11) is 5.61. The van der Waals surface area contributed by atoms with Crippen molar-refractivity contribution in [3.05, 3.63) is 29.6 Å². The van der Waals surface area contributed by atoms with E-state index in [1.165, 1.54) is 0 Å². The molecule has 0 aliphatic heterocycles. The molecule has 1 aromatic carbocycles. The van der Waals surface area contributed by atoms with Crippen LogP contribution in [0.4, 0.5) is 10.1 Å². The summed E-state index contributed by atoms with van der Waals surface area (Å²) in [6, 6.07) is 5.43. The Balaban J connectivity index is 2.90. The normalized spacial score (nSPS) is 11.6. The molecule has 1 rings (SSSR count). The van der Waals surface area contributed by atoms with Crippen molar-refractivity contribution in [2.45, 2.75) is 25.8 Å². The number of hydrogen-bond donors (Lipinski definition) is 1. The maximum Gasteiger partial charge on any atom is 0.146 e. The number of hydrogen-bond acceptors (Lipinski definition) is 2. The van der Waals surface area contributed by atoms with Gasteiger partial charge in [0.05, 0.1) is 5.69 Å². The highest BCUT2D eigenvalue weighted by atomic mass is 19.1. The lowest BCUT2D eigenvalue weighted by Crippen LogP contribution is -2.38. The number of halogens is 1. The molecule has 3 heteroatoms. The summed E-state index contributed by atoms with van der Waals surface area (Å²) in [5.74, 6) is -0.158. The molecule has 0 atom stereocenters. The van der Waals surface area contributed by atoms with E-state index in [2.05, 4.69) is 19.2 Å². The molecule has 0 amide bonds. The van der Waals surface area contributed by atoms with Crippen molar-refractivity contribution < 1.29 is 4.39 Å². The van der Waals surface area contributed by atoms with Crippen molar-refractivity contribution >= 4 is 5.69 Å². The van der Waals surface area contributed by atoms with Gasteiger partial charge < -0.3 is 10.2 Å². The minimum Gasteiger partial charge on any atom is -0.375 e. The largest absolute Gasteiger partial charge is 0.375 e. The SMILES string of the molecule is CNC(C)(C)Cc1ccc(N(C)C)c(F)c1. The third-order valence-electron chi connectivity index (χ3n) is 2.82. The molecule has 0 aliphatic rings. The van der Waals surface area contributed by atoms with E-state index >= 15 is 0 Å². The van der Waals surface area contributed by atoms with E-state index in [1.54, 1.807) is 11.0 Å².